The van der Waals surface area contributed by atoms with E-state index in [1.54, 1.807) is 30.3 Å². The van der Waals surface area contributed by atoms with E-state index in [9.17, 15) is 22.4 Å². The number of carboxylic acid groups (broad SMARTS) is 1. The zero-order chi connectivity index (χ0) is 21.9. The third-order valence-corrected chi connectivity index (χ3v) is 5.06. The van der Waals surface area contributed by atoms with Crippen molar-refractivity contribution in [2.24, 2.45) is 5.10 Å². The smallest absolute Gasteiger partial charge is 0.303 e. The summed E-state index contributed by atoms with van der Waals surface area (Å²) >= 11 is 0. The van der Waals surface area contributed by atoms with Crippen LogP contribution in [-0.2, 0) is 19.6 Å². The Kier molecular flexibility index (Phi) is 6.16. The number of carbonyl (C=O) groups is 2. The standard InChI is InChI=1S/C20H20FN3O5S/c1-30(28,29)23-16-7-3-4-13(11-16)17-12-18(14-5-2-6-15(21)10-14)24(22-17)19(25)8-9-20(26)27/h2-7,10-11,18,23H,8-9,12H2,1H3,(H,26,27)/t18-/m0/s1. The van der Waals surface area contributed by atoms with Gasteiger partial charge in [0.2, 0.25) is 15.9 Å². The van der Waals surface area contributed by atoms with Crippen LogP contribution in [0.5, 0.6) is 0 Å². The molecule has 8 nitrogen and oxygen atoms in total. The normalized spacial score (nSPS) is 16.3. The van der Waals surface area contributed by atoms with Gasteiger partial charge in [-0.05, 0) is 35.4 Å². The second-order valence-electron chi connectivity index (χ2n) is 6.91. The molecule has 1 amide bonds. The second-order valence-corrected chi connectivity index (χ2v) is 8.66. The van der Waals surface area contributed by atoms with E-state index in [2.05, 4.69) is 9.82 Å². The van der Waals surface area contributed by atoms with Gasteiger partial charge < -0.3 is 5.11 Å². The van der Waals surface area contributed by atoms with Crippen LogP contribution in [0, 0.1) is 5.82 Å². The largest absolute Gasteiger partial charge is 0.481 e. The molecule has 10 heteroatoms. The molecule has 1 aliphatic rings. The second kappa shape index (κ2) is 8.62. The Balaban J connectivity index is 1.93. The molecule has 2 aromatic rings. The third kappa shape index (κ3) is 5.41. The van der Waals surface area contributed by atoms with Crippen molar-refractivity contribution in [2.75, 3.05) is 11.0 Å². The summed E-state index contributed by atoms with van der Waals surface area (Å²) in [5.74, 6) is -2.06. The Hall–Kier alpha value is -3.27. The summed E-state index contributed by atoms with van der Waals surface area (Å²) in [6.45, 7) is 0. The minimum Gasteiger partial charge on any atom is -0.481 e. The number of halogens is 1. The molecule has 0 aliphatic carbocycles. The number of sulfonamides is 1. The van der Waals surface area contributed by atoms with Crippen molar-refractivity contribution in [1.82, 2.24) is 5.01 Å². The molecule has 0 saturated carbocycles. The molecule has 3 rings (SSSR count). The summed E-state index contributed by atoms with van der Waals surface area (Å²) in [4.78, 5) is 23.5. The highest BCUT2D eigenvalue weighted by atomic mass is 32.2. The number of hydrogen-bond acceptors (Lipinski definition) is 5. The number of carboxylic acids is 1. The van der Waals surface area contributed by atoms with E-state index in [1.807, 2.05) is 0 Å². The van der Waals surface area contributed by atoms with E-state index in [-0.39, 0.29) is 19.3 Å². The SMILES string of the molecule is CS(=O)(=O)Nc1cccc(C2=NN(C(=O)CCC(=O)O)[C@H](c3cccc(F)c3)C2)c1. The van der Waals surface area contributed by atoms with Gasteiger partial charge in [-0.3, -0.25) is 14.3 Å². The van der Waals surface area contributed by atoms with Crippen molar-refractivity contribution in [3.8, 4) is 0 Å². The fourth-order valence-corrected chi connectivity index (χ4v) is 3.75. The number of amides is 1. The number of hydrogen-bond donors (Lipinski definition) is 2. The van der Waals surface area contributed by atoms with Crippen LogP contribution in [0.1, 0.15) is 36.4 Å². The van der Waals surface area contributed by atoms with Gasteiger partial charge in [0.25, 0.3) is 0 Å². The molecule has 30 heavy (non-hydrogen) atoms. The highest BCUT2D eigenvalue weighted by Crippen LogP contribution is 2.34. The van der Waals surface area contributed by atoms with Gasteiger partial charge in [-0.1, -0.05) is 24.3 Å². The highest BCUT2D eigenvalue weighted by Gasteiger charge is 2.33. The lowest BCUT2D eigenvalue weighted by Crippen LogP contribution is -2.27. The number of carbonyl (C=O) groups excluding carboxylic acids is 1. The molecule has 1 aliphatic heterocycles. The van der Waals surface area contributed by atoms with Crippen molar-refractivity contribution in [3.63, 3.8) is 0 Å². The molecule has 2 N–H and O–H groups in total. The molecule has 0 unspecified atom stereocenters. The Labute approximate surface area is 173 Å². The van der Waals surface area contributed by atoms with Crippen LogP contribution < -0.4 is 4.72 Å². The van der Waals surface area contributed by atoms with E-state index < -0.39 is 33.8 Å². The van der Waals surface area contributed by atoms with Gasteiger partial charge in [-0.15, -0.1) is 0 Å². The monoisotopic (exact) mass is 433 g/mol. The molecule has 0 spiro atoms. The summed E-state index contributed by atoms with van der Waals surface area (Å²) in [6, 6.07) is 11.7. The molecule has 2 aromatic carbocycles. The lowest BCUT2D eigenvalue weighted by Gasteiger charge is -2.21. The van der Waals surface area contributed by atoms with Crippen LogP contribution in [0.2, 0.25) is 0 Å². The number of rotatable bonds is 7. The number of benzene rings is 2. The molecule has 1 atom stereocenters. The molecule has 0 saturated heterocycles. The zero-order valence-electron chi connectivity index (χ0n) is 16.1. The van der Waals surface area contributed by atoms with Crippen LogP contribution in [0.25, 0.3) is 0 Å². The van der Waals surface area contributed by atoms with Gasteiger partial charge in [0, 0.05) is 18.5 Å². The van der Waals surface area contributed by atoms with Crippen LogP contribution >= 0.6 is 0 Å². The Bertz CT molecular complexity index is 1120. The maximum Gasteiger partial charge on any atom is 0.303 e. The summed E-state index contributed by atoms with van der Waals surface area (Å²) in [5.41, 5.74) is 1.97. The molecule has 0 bridgehead atoms. The van der Waals surface area contributed by atoms with Crippen molar-refractivity contribution >= 4 is 33.3 Å². The number of aliphatic carboxylic acids is 1. The maximum absolute atomic E-state index is 13.7. The van der Waals surface area contributed by atoms with Gasteiger partial charge in [-0.25, -0.2) is 17.8 Å². The van der Waals surface area contributed by atoms with Gasteiger partial charge >= 0.3 is 5.97 Å². The number of anilines is 1. The molecular formula is C20H20FN3O5S. The molecule has 158 valence electrons. The summed E-state index contributed by atoms with van der Waals surface area (Å²) in [6.07, 6.45) is 0.720. The van der Waals surface area contributed by atoms with Crippen LogP contribution in [0.15, 0.2) is 53.6 Å². The van der Waals surface area contributed by atoms with E-state index in [4.69, 9.17) is 5.11 Å². The molecule has 0 aromatic heterocycles. The van der Waals surface area contributed by atoms with Crippen molar-refractivity contribution in [2.45, 2.75) is 25.3 Å². The fourth-order valence-electron chi connectivity index (χ4n) is 3.19. The Morgan fingerprint density at radius 1 is 1.20 bits per heavy atom. The van der Waals surface area contributed by atoms with Gasteiger partial charge in [0.15, 0.2) is 0 Å². The van der Waals surface area contributed by atoms with E-state index >= 15 is 0 Å². The molecule has 1 heterocycles. The van der Waals surface area contributed by atoms with Gasteiger partial charge in [-0.2, -0.15) is 5.10 Å². The van der Waals surface area contributed by atoms with Crippen LogP contribution in [0.3, 0.4) is 0 Å². The average molecular weight is 433 g/mol. The van der Waals surface area contributed by atoms with Crippen LogP contribution in [0.4, 0.5) is 10.1 Å². The van der Waals surface area contributed by atoms with Crippen molar-refractivity contribution in [1.29, 1.82) is 0 Å². The van der Waals surface area contributed by atoms with Crippen LogP contribution in [-0.4, -0.2) is 42.4 Å². The first-order valence-corrected chi connectivity index (χ1v) is 11.0. The van der Waals surface area contributed by atoms with Crippen molar-refractivity contribution < 1.29 is 27.5 Å². The van der Waals surface area contributed by atoms with E-state index in [0.717, 1.165) is 6.26 Å². The Morgan fingerprint density at radius 3 is 2.60 bits per heavy atom. The molecule has 0 fully saturated rings. The molecule has 0 radical (unpaired) electrons. The summed E-state index contributed by atoms with van der Waals surface area (Å²) < 4.78 is 39.1. The Morgan fingerprint density at radius 2 is 1.93 bits per heavy atom. The third-order valence-electron chi connectivity index (χ3n) is 4.45. The minimum atomic E-state index is -3.47. The molecular weight excluding hydrogens is 413 g/mol. The predicted molar refractivity (Wildman–Crippen MR) is 109 cm³/mol. The topological polar surface area (TPSA) is 116 Å². The number of nitrogens with one attached hydrogen (secondary N) is 1. The zero-order valence-corrected chi connectivity index (χ0v) is 16.9. The average Bonchev–Trinajstić information content (AvgIpc) is 3.10. The minimum absolute atomic E-state index is 0.242. The number of hydrazone groups is 1. The predicted octanol–water partition coefficient (Wildman–Crippen LogP) is 2.74. The summed E-state index contributed by atoms with van der Waals surface area (Å²) in [5, 5.41) is 14.4. The lowest BCUT2D eigenvalue weighted by atomic mass is 9.98. The van der Waals surface area contributed by atoms with Gasteiger partial charge in [0.05, 0.1) is 24.4 Å². The quantitative estimate of drug-likeness (QED) is 0.697. The first-order valence-electron chi connectivity index (χ1n) is 9.07. The van der Waals surface area contributed by atoms with Crippen molar-refractivity contribution in [3.05, 3.63) is 65.5 Å². The van der Waals surface area contributed by atoms with E-state index in [1.165, 1.54) is 23.2 Å². The summed E-state index contributed by atoms with van der Waals surface area (Å²) in [7, 11) is -3.47. The number of nitrogens with zero attached hydrogens (tertiary/aromatic N) is 2. The fraction of sp³-hybridized carbons (Fsp3) is 0.250. The highest BCUT2D eigenvalue weighted by molar-refractivity contribution is 7.92. The van der Waals surface area contributed by atoms with Gasteiger partial charge in [0.1, 0.15) is 5.82 Å². The van der Waals surface area contributed by atoms with E-state index in [0.29, 0.717) is 22.5 Å². The first-order chi connectivity index (χ1) is 14.1. The first kappa shape index (κ1) is 21.4. The lowest BCUT2D eigenvalue weighted by molar-refractivity contribution is -0.141. The maximum atomic E-state index is 13.7.